The van der Waals surface area contributed by atoms with Gasteiger partial charge in [0.25, 0.3) is 0 Å². The number of nitrogens with zero attached hydrogens (tertiary/aromatic N) is 1. The van der Waals surface area contributed by atoms with Crippen molar-refractivity contribution in [2.45, 2.75) is 12.8 Å². The summed E-state index contributed by atoms with van der Waals surface area (Å²) in [6.45, 7) is 2.36. The Morgan fingerprint density at radius 3 is 3.00 bits per heavy atom. The van der Waals surface area contributed by atoms with Crippen molar-refractivity contribution in [1.29, 1.82) is 5.41 Å². The molecule has 7 heteroatoms. The van der Waals surface area contributed by atoms with E-state index in [2.05, 4.69) is 15.6 Å². The zero-order valence-corrected chi connectivity index (χ0v) is 12.6. The van der Waals surface area contributed by atoms with Gasteiger partial charge in [0.2, 0.25) is 0 Å². The molecule has 1 aliphatic heterocycles. The lowest BCUT2D eigenvalue weighted by Gasteiger charge is -2.23. The van der Waals surface area contributed by atoms with E-state index < -0.39 is 0 Å². The molecule has 0 atom stereocenters. The van der Waals surface area contributed by atoms with Crippen LogP contribution in [-0.4, -0.2) is 42.5 Å². The number of hydrogen-bond acceptors (Lipinski definition) is 4. The molecule has 0 amide bonds. The first-order valence-corrected chi connectivity index (χ1v) is 7.45. The molecule has 3 rings (SSSR count). The Morgan fingerprint density at radius 1 is 1.41 bits per heavy atom. The number of H-pyrrole nitrogens is 1. The molecule has 0 saturated carbocycles. The summed E-state index contributed by atoms with van der Waals surface area (Å²) >= 11 is 0. The van der Waals surface area contributed by atoms with Crippen LogP contribution in [0.1, 0.15) is 18.4 Å². The highest BCUT2D eigenvalue weighted by Crippen LogP contribution is 2.31. The molecule has 0 bridgehead atoms. The van der Waals surface area contributed by atoms with Crippen molar-refractivity contribution >= 4 is 28.2 Å². The lowest BCUT2D eigenvalue weighted by Crippen LogP contribution is -2.37. The predicted molar refractivity (Wildman–Crippen MR) is 87.9 cm³/mol. The second-order valence-corrected chi connectivity index (χ2v) is 5.52. The van der Waals surface area contributed by atoms with Crippen LogP contribution < -0.4 is 16.4 Å². The molecular formula is C15H21FN6. The van der Waals surface area contributed by atoms with Crippen LogP contribution in [0.5, 0.6) is 0 Å². The summed E-state index contributed by atoms with van der Waals surface area (Å²) in [4.78, 5) is 5.01. The SMILES string of the molecule is CNc1cc(F)cc2c(C(=N)N3CCCCNC3)c(N)[nH]c12. The van der Waals surface area contributed by atoms with Crippen molar-refractivity contribution < 1.29 is 4.39 Å². The van der Waals surface area contributed by atoms with Crippen molar-refractivity contribution in [3.05, 3.63) is 23.5 Å². The Morgan fingerprint density at radius 2 is 2.23 bits per heavy atom. The van der Waals surface area contributed by atoms with Gasteiger partial charge in [-0.15, -0.1) is 0 Å². The van der Waals surface area contributed by atoms with Crippen LogP contribution in [0.3, 0.4) is 0 Å². The fourth-order valence-corrected chi connectivity index (χ4v) is 2.93. The van der Waals surface area contributed by atoms with Gasteiger partial charge in [-0.1, -0.05) is 0 Å². The Balaban J connectivity index is 2.07. The lowest BCUT2D eigenvalue weighted by atomic mass is 10.1. The molecule has 1 aromatic heterocycles. The summed E-state index contributed by atoms with van der Waals surface area (Å²) in [5, 5.41) is 15.4. The van der Waals surface area contributed by atoms with E-state index in [0.29, 0.717) is 35.0 Å². The molecule has 1 aliphatic rings. The zero-order chi connectivity index (χ0) is 15.7. The van der Waals surface area contributed by atoms with Gasteiger partial charge in [-0.3, -0.25) is 10.7 Å². The fraction of sp³-hybridized carbons (Fsp3) is 0.400. The van der Waals surface area contributed by atoms with E-state index in [0.717, 1.165) is 31.4 Å². The van der Waals surface area contributed by atoms with Crippen molar-refractivity contribution in [3.63, 3.8) is 0 Å². The second-order valence-electron chi connectivity index (χ2n) is 5.52. The quantitative estimate of drug-likeness (QED) is 0.433. The van der Waals surface area contributed by atoms with Crippen molar-refractivity contribution in [1.82, 2.24) is 15.2 Å². The number of aromatic amines is 1. The molecule has 2 aromatic rings. The minimum atomic E-state index is -0.348. The summed E-state index contributed by atoms with van der Waals surface area (Å²) in [5.74, 6) is 0.371. The molecule has 118 valence electrons. The first-order chi connectivity index (χ1) is 10.6. The topological polar surface area (TPSA) is 93.0 Å². The van der Waals surface area contributed by atoms with Gasteiger partial charge >= 0.3 is 0 Å². The number of aromatic nitrogens is 1. The summed E-state index contributed by atoms with van der Waals surface area (Å²) in [6.07, 6.45) is 2.11. The molecular weight excluding hydrogens is 283 g/mol. The monoisotopic (exact) mass is 304 g/mol. The molecule has 6 N–H and O–H groups in total. The third-order valence-electron chi connectivity index (χ3n) is 4.06. The average molecular weight is 304 g/mol. The Labute approximate surface area is 128 Å². The summed E-state index contributed by atoms with van der Waals surface area (Å²) in [7, 11) is 1.73. The molecule has 1 fully saturated rings. The van der Waals surface area contributed by atoms with E-state index in [9.17, 15) is 4.39 Å². The van der Waals surface area contributed by atoms with Crippen LogP contribution in [0, 0.1) is 11.2 Å². The lowest BCUT2D eigenvalue weighted by molar-refractivity contribution is 0.412. The van der Waals surface area contributed by atoms with E-state index >= 15 is 0 Å². The van der Waals surface area contributed by atoms with E-state index in [1.54, 1.807) is 7.05 Å². The number of nitrogen functional groups attached to an aromatic ring is 1. The number of rotatable bonds is 2. The van der Waals surface area contributed by atoms with Crippen molar-refractivity contribution in [3.8, 4) is 0 Å². The predicted octanol–water partition coefficient (Wildman–Crippen LogP) is 1.90. The van der Waals surface area contributed by atoms with E-state index in [-0.39, 0.29) is 5.82 Å². The number of hydrogen-bond donors (Lipinski definition) is 5. The molecule has 2 heterocycles. The summed E-state index contributed by atoms with van der Waals surface area (Å²) in [5.41, 5.74) is 8.00. The normalized spacial score (nSPS) is 15.8. The van der Waals surface area contributed by atoms with Crippen LogP contribution in [-0.2, 0) is 0 Å². The van der Waals surface area contributed by atoms with Crippen LogP contribution in [0.4, 0.5) is 15.9 Å². The van der Waals surface area contributed by atoms with Crippen molar-refractivity contribution in [2.24, 2.45) is 0 Å². The third kappa shape index (κ3) is 2.48. The van der Waals surface area contributed by atoms with Gasteiger partial charge in [-0.25, -0.2) is 4.39 Å². The van der Waals surface area contributed by atoms with Gasteiger partial charge in [-0.2, -0.15) is 0 Å². The molecule has 22 heavy (non-hydrogen) atoms. The number of nitrogens with one attached hydrogen (secondary N) is 4. The van der Waals surface area contributed by atoms with Gasteiger partial charge in [0.15, 0.2) is 0 Å². The molecule has 0 unspecified atom stereocenters. The first kappa shape index (κ1) is 14.6. The minimum absolute atomic E-state index is 0.325. The summed E-state index contributed by atoms with van der Waals surface area (Å²) < 4.78 is 13.9. The van der Waals surface area contributed by atoms with Crippen LogP contribution in [0.25, 0.3) is 10.9 Å². The van der Waals surface area contributed by atoms with Gasteiger partial charge in [0.05, 0.1) is 23.4 Å². The fourth-order valence-electron chi connectivity index (χ4n) is 2.93. The highest BCUT2D eigenvalue weighted by molar-refractivity contribution is 6.14. The first-order valence-electron chi connectivity index (χ1n) is 7.45. The number of fused-ring (bicyclic) bond motifs is 1. The third-order valence-corrected chi connectivity index (χ3v) is 4.06. The number of nitrogens with two attached hydrogens (primary N) is 1. The van der Waals surface area contributed by atoms with Crippen LogP contribution >= 0.6 is 0 Å². The van der Waals surface area contributed by atoms with Crippen LogP contribution in [0.2, 0.25) is 0 Å². The van der Waals surface area contributed by atoms with Gasteiger partial charge in [-0.05, 0) is 31.5 Å². The minimum Gasteiger partial charge on any atom is -0.386 e. The summed E-state index contributed by atoms with van der Waals surface area (Å²) in [6, 6.07) is 2.84. The van der Waals surface area contributed by atoms with Crippen LogP contribution in [0.15, 0.2) is 12.1 Å². The number of anilines is 2. The Hall–Kier alpha value is -2.28. The maximum Gasteiger partial charge on any atom is 0.133 e. The molecule has 6 nitrogen and oxygen atoms in total. The molecule has 0 radical (unpaired) electrons. The number of amidine groups is 1. The molecule has 1 aromatic carbocycles. The van der Waals surface area contributed by atoms with Gasteiger partial charge < -0.3 is 20.9 Å². The smallest absolute Gasteiger partial charge is 0.133 e. The average Bonchev–Trinajstić information content (AvgIpc) is 2.69. The maximum absolute atomic E-state index is 13.9. The highest BCUT2D eigenvalue weighted by atomic mass is 19.1. The van der Waals surface area contributed by atoms with Gasteiger partial charge in [0.1, 0.15) is 17.5 Å². The van der Waals surface area contributed by atoms with E-state index in [4.69, 9.17) is 11.1 Å². The van der Waals surface area contributed by atoms with E-state index in [1.807, 2.05) is 4.90 Å². The number of benzene rings is 1. The zero-order valence-electron chi connectivity index (χ0n) is 12.6. The highest BCUT2D eigenvalue weighted by Gasteiger charge is 2.21. The standard InChI is InChI=1S/C15H21FN6/c1-19-11-7-9(16)6-10-12(14(17)21-13(10)11)15(18)22-5-3-2-4-20-8-22/h6-7,18-21H,2-5,8,17H2,1H3. The van der Waals surface area contributed by atoms with E-state index in [1.165, 1.54) is 12.1 Å². The maximum atomic E-state index is 13.9. The largest absolute Gasteiger partial charge is 0.386 e. The van der Waals surface area contributed by atoms with Gasteiger partial charge in [0, 0.05) is 19.0 Å². The molecule has 0 aliphatic carbocycles. The molecule has 1 saturated heterocycles. The van der Waals surface area contributed by atoms with Crippen molar-refractivity contribution in [2.75, 3.05) is 37.9 Å². The molecule has 0 spiro atoms. The second kappa shape index (κ2) is 5.84. The Kier molecular flexibility index (Phi) is 3.89. The number of halogens is 1. The Bertz CT molecular complexity index is 700.